The molecule has 0 spiro atoms. The molecule has 0 atom stereocenters. The molecule has 2 amide bonds. The van der Waals surface area contributed by atoms with Crippen LogP contribution in [-0.4, -0.2) is 30.5 Å². The number of anilines is 1. The third-order valence-corrected chi connectivity index (χ3v) is 6.14. The smallest absolute Gasteiger partial charge is 0.243 e. The molecule has 0 radical (unpaired) electrons. The summed E-state index contributed by atoms with van der Waals surface area (Å²) in [6.07, 6.45) is 1.86. The number of para-hydroxylation sites is 1. The number of carbonyl (C=O) groups excluding carboxylic acids is 2. The van der Waals surface area contributed by atoms with Crippen LogP contribution in [0.4, 0.5) is 14.5 Å². The highest BCUT2D eigenvalue weighted by Crippen LogP contribution is 2.30. The molecular formula is C26H21F2N3O3S. The number of nitrogens with zero attached hydrogens (tertiary/aromatic N) is 1. The molecule has 0 saturated carbocycles. The fraction of sp³-hybridized carbons (Fsp3) is 0.115. The molecule has 0 fully saturated rings. The minimum Gasteiger partial charge on any atom is -0.497 e. The van der Waals surface area contributed by atoms with Crippen molar-refractivity contribution < 1.29 is 23.1 Å². The average molecular weight is 494 g/mol. The second kappa shape index (κ2) is 10.9. The van der Waals surface area contributed by atoms with Gasteiger partial charge in [0.15, 0.2) is 11.6 Å². The van der Waals surface area contributed by atoms with Gasteiger partial charge >= 0.3 is 0 Å². The number of methoxy groups -OCH3 is 1. The van der Waals surface area contributed by atoms with Crippen LogP contribution in [0.25, 0.3) is 21.9 Å². The lowest BCUT2D eigenvalue weighted by Crippen LogP contribution is -2.32. The molecule has 9 heteroatoms. The Morgan fingerprint density at radius 2 is 1.77 bits per heavy atom. The molecule has 0 bridgehead atoms. The summed E-state index contributed by atoms with van der Waals surface area (Å²) in [6, 6.07) is 18.1. The largest absolute Gasteiger partial charge is 0.497 e. The van der Waals surface area contributed by atoms with E-state index < -0.39 is 17.5 Å². The number of thiazole rings is 1. The number of nitrogens with one attached hydrogen (secondary N) is 2. The van der Waals surface area contributed by atoms with Gasteiger partial charge in [0.05, 0.1) is 30.3 Å². The summed E-state index contributed by atoms with van der Waals surface area (Å²) in [5.41, 5.74) is 2.48. The molecule has 0 aliphatic heterocycles. The van der Waals surface area contributed by atoms with Crippen molar-refractivity contribution in [3.63, 3.8) is 0 Å². The fourth-order valence-electron chi connectivity index (χ4n) is 3.29. The van der Waals surface area contributed by atoms with E-state index in [2.05, 4.69) is 15.6 Å². The van der Waals surface area contributed by atoms with Gasteiger partial charge in [0.25, 0.3) is 0 Å². The highest BCUT2D eigenvalue weighted by molar-refractivity contribution is 7.19. The first-order valence-electron chi connectivity index (χ1n) is 10.6. The zero-order valence-electron chi connectivity index (χ0n) is 18.7. The maximum atomic E-state index is 13.3. The standard InChI is InChI=1S/C26H21F2N3O3S/c1-34-19-9-6-16(7-10-19)12-17(26-31-22-4-2-3-5-23(22)35-26)13-24(32)29-15-25(33)30-18-8-11-20(27)21(28)14-18/h2-12,14H,13,15H2,1H3,(H,29,32)(H,30,33)/b17-12-. The maximum Gasteiger partial charge on any atom is 0.243 e. The molecule has 1 heterocycles. The van der Waals surface area contributed by atoms with E-state index in [1.807, 2.05) is 54.6 Å². The summed E-state index contributed by atoms with van der Waals surface area (Å²) in [7, 11) is 1.59. The van der Waals surface area contributed by atoms with Crippen LogP contribution in [0.5, 0.6) is 5.75 Å². The van der Waals surface area contributed by atoms with Crippen molar-refractivity contribution in [3.8, 4) is 5.75 Å². The van der Waals surface area contributed by atoms with E-state index >= 15 is 0 Å². The Kier molecular flexibility index (Phi) is 7.47. The molecule has 1 aromatic heterocycles. The van der Waals surface area contributed by atoms with Crippen LogP contribution in [-0.2, 0) is 9.59 Å². The second-order valence-corrected chi connectivity index (χ2v) is 8.59. The molecular weight excluding hydrogens is 472 g/mol. The van der Waals surface area contributed by atoms with Gasteiger partial charge in [-0.2, -0.15) is 0 Å². The predicted molar refractivity (Wildman–Crippen MR) is 133 cm³/mol. The van der Waals surface area contributed by atoms with Crippen LogP contribution < -0.4 is 15.4 Å². The van der Waals surface area contributed by atoms with Crippen LogP contribution in [0.3, 0.4) is 0 Å². The topological polar surface area (TPSA) is 80.3 Å². The highest BCUT2D eigenvalue weighted by Gasteiger charge is 2.15. The third-order valence-electron chi connectivity index (χ3n) is 5.03. The Balaban J connectivity index is 1.47. The van der Waals surface area contributed by atoms with E-state index in [9.17, 15) is 18.4 Å². The maximum absolute atomic E-state index is 13.3. The lowest BCUT2D eigenvalue weighted by atomic mass is 10.1. The highest BCUT2D eigenvalue weighted by atomic mass is 32.1. The normalized spacial score (nSPS) is 11.3. The van der Waals surface area contributed by atoms with E-state index in [0.29, 0.717) is 16.3 Å². The fourth-order valence-corrected chi connectivity index (χ4v) is 4.27. The third kappa shape index (κ3) is 6.27. The Hall–Kier alpha value is -4.11. The van der Waals surface area contributed by atoms with E-state index in [1.165, 1.54) is 17.4 Å². The number of amides is 2. The number of aromatic nitrogens is 1. The van der Waals surface area contributed by atoms with Gasteiger partial charge < -0.3 is 15.4 Å². The molecule has 6 nitrogen and oxygen atoms in total. The van der Waals surface area contributed by atoms with Crippen LogP contribution in [0.1, 0.15) is 17.0 Å². The molecule has 0 aliphatic carbocycles. The molecule has 4 aromatic rings. The van der Waals surface area contributed by atoms with Gasteiger partial charge in [-0.3, -0.25) is 9.59 Å². The van der Waals surface area contributed by atoms with Crippen LogP contribution in [0.15, 0.2) is 66.7 Å². The van der Waals surface area contributed by atoms with Gasteiger partial charge in [-0.1, -0.05) is 24.3 Å². The molecule has 3 aromatic carbocycles. The van der Waals surface area contributed by atoms with Gasteiger partial charge in [0, 0.05) is 11.8 Å². The van der Waals surface area contributed by atoms with E-state index in [4.69, 9.17) is 4.74 Å². The monoisotopic (exact) mass is 493 g/mol. The summed E-state index contributed by atoms with van der Waals surface area (Å²) < 4.78 is 32.6. The van der Waals surface area contributed by atoms with Crippen LogP contribution in [0.2, 0.25) is 0 Å². The van der Waals surface area contributed by atoms with E-state index in [0.717, 1.165) is 27.9 Å². The number of ether oxygens (including phenoxy) is 1. The summed E-state index contributed by atoms with van der Waals surface area (Å²) in [4.78, 5) is 29.5. The molecule has 178 valence electrons. The first-order chi connectivity index (χ1) is 16.9. The van der Waals surface area contributed by atoms with Crippen LogP contribution >= 0.6 is 11.3 Å². The van der Waals surface area contributed by atoms with Crippen molar-refractivity contribution in [1.29, 1.82) is 0 Å². The quantitative estimate of drug-likeness (QED) is 0.351. The molecule has 0 unspecified atom stereocenters. The van der Waals surface area contributed by atoms with Gasteiger partial charge in [-0.05, 0) is 53.6 Å². The van der Waals surface area contributed by atoms with Gasteiger partial charge in [0.2, 0.25) is 11.8 Å². The molecule has 0 aliphatic rings. The van der Waals surface area contributed by atoms with Crippen molar-refractivity contribution in [2.45, 2.75) is 6.42 Å². The first-order valence-corrected chi connectivity index (χ1v) is 11.4. The lowest BCUT2D eigenvalue weighted by Gasteiger charge is -2.09. The predicted octanol–water partition coefficient (Wildman–Crippen LogP) is 5.27. The zero-order valence-corrected chi connectivity index (χ0v) is 19.5. The molecule has 35 heavy (non-hydrogen) atoms. The van der Waals surface area contributed by atoms with Crippen molar-refractivity contribution in [2.24, 2.45) is 0 Å². The number of rotatable bonds is 8. The summed E-state index contributed by atoms with van der Waals surface area (Å²) in [6.45, 7) is -0.326. The minimum atomic E-state index is -1.07. The summed E-state index contributed by atoms with van der Waals surface area (Å²) in [5, 5.41) is 5.68. The minimum absolute atomic E-state index is 0.00962. The van der Waals surface area contributed by atoms with Gasteiger partial charge in [-0.15, -0.1) is 11.3 Å². The number of hydrogen-bond donors (Lipinski definition) is 2. The Morgan fingerprint density at radius 3 is 2.49 bits per heavy atom. The number of hydrogen-bond acceptors (Lipinski definition) is 5. The van der Waals surface area contributed by atoms with Crippen molar-refractivity contribution in [2.75, 3.05) is 19.0 Å². The van der Waals surface area contributed by atoms with Gasteiger partial charge in [-0.25, -0.2) is 13.8 Å². The van der Waals surface area contributed by atoms with Crippen molar-refractivity contribution in [3.05, 3.63) is 88.9 Å². The Labute approximate surface area is 204 Å². The lowest BCUT2D eigenvalue weighted by molar-refractivity contribution is -0.123. The SMILES string of the molecule is COc1ccc(/C=C(/CC(=O)NCC(=O)Nc2ccc(F)c(F)c2)c2nc3ccccc3s2)cc1. The second-order valence-electron chi connectivity index (χ2n) is 7.56. The first kappa shape index (κ1) is 24.0. The molecule has 4 rings (SSSR count). The average Bonchev–Trinajstić information content (AvgIpc) is 3.29. The number of carbonyl (C=O) groups is 2. The zero-order chi connectivity index (χ0) is 24.8. The van der Waals surface area contributed by atoms with Crippen molar-refractivity contribution >= 4 is 50.7 Å². The van der Waals surface area contributed by atoms with E-state index in [1.54, 1.807) is 7.11 Å². The Bertz CT molecular complexity index is 1370. The summed E-state index contributed by atoms with van der Waals surface area (Å²) >= 11 is 1.47. The van der Waals surface area contributed by atoms with Crippen molar-refractivity contribution in [1.82, 2.24) is 10.3 Å². The number of fused-ring (bicyclic) bond motifs is 1. The Morgan fingerprint density at radius 1 is 1.00 bits per heavy atom. The molecule has 2 N–H and O–H groups in total. The number of halogens is 2. The number of benzene rings is 3. The van der Waals surface area contributed by atoms with E-state index in [-0.39, 0.29) is 24.6 Å². The molecule has 0 saturated heterocycles. The summed E-state index contributed by atoms with van der Waals surface area (Å²) in [5.74, 6) is -2.32. The van der Waals surface area contributed by atoms with Gasteiger partial charge in [0.1, 0.15) is 10.8 Å². The van der Waals surface area contributed by atoms with Crippen LogP contribution in [0, 0.1) is 11.6 Å².